The number of aliphatic hydroxyl groups excluding tert-OH is 1. The van der Waals surface area contributed by atoms with Gasteiger partial charge in [0.05, 0.1) is 12.6 Å². The summed E-state index contributed by atoms with van der Waals surface area (Å²) in [5.74, 6) is 0. The third-order valence-electron chi connectivity index (χ3n) is 3.66. The van der Waals surface area contributed by atoms with Crippen molar-refractivity contribution in [2.45, 2.75) is 19.1 Å². The van der Waals surface area contributed by atoms with E-state index in [2.05, 4.69) is 41.3 Å². The van der Waals surface area contributed by atoms with Crippen molar-refractivity contribution in [3.8, 4) is 0 Å². The third kappa shape index (κ3) is 2.05. The van der Waals surface area contributed by atoms with E-state index in [-0.39, 0.29) is 12.6 Å². The first-order valence-corrected chi connectivity index (χ1v) is 6.35. The Bertz CT molecular complexity index is 499. The molecular formula is C16H17NO. The molecule has 2 nitrogen and oxygen atoms in total. The third-order valence-corrected chi connectivity index (χ3v) is 3.66. The van der Waals surface area contributed by atoms with Crippen LogP contribution in [0.1, 0.15) is 22.7 Å². The second kappa shape index (κ2) is 4.92. The summed E-state index contributed by atoms with van der Waals surface area (Å²) in [5.41, 5.74) is 3.95. The lowest BCUT2D eigenvalue weighted by Gasteiger charge is -2.26. The molecule has 0 aliphatic carbocycles. The highest BCUT2D eigenvalue weighted by molar-refractivity contribution is 5.31. The molecule has 1 atom stereocenters. The van der Waals surface area contributed by atoms with Crippen LogP contribution in [0.3, 0.4) is 0 Å². The fraction of sp³-hybridized carbons (Fsp3) is 0.250. The molecule has 0 aromatic heterocycles. The zero-order valence-electron chi connectivity index (χ0n) is 10.3. The van der Waals surface area contributed by atoms with Gasteiger partial charge in [-0.25, -0.2) is 0 Å². The van der Waals surface area contributed by atoms with Crippen molar-refractivity contribution in [1.82, 2.24) is 4.90 Å². The Hall–Kier alpha value is -1.64. The molecule has 0 saturated carbocycles. The molecule has 92 valence electrons. The van der Waals surface area contributed by atoms with Gasteiger partial charge >= 0.3 is 0 Å². The molecule has 2 heteroatoms. The summed E-state index contributed by atoms with van der Waals surface area (Å²) in [6.45, 7) is 2.02. The summed E-state index contributed by atoms with van der Waals surface area (Å²) < 4.78 is 0. The van der Waals surface area contributed by atoms with Gasteiger partial charge in [0, 0.05) is 13.1 Å². The van der Waals surface area contributed by atoms with Gasteiger partial charge in [-0.3, -0.25) is 4.90 Å². The molecule has 0 radical (unpaired) electrons. The van der Waals surface area contributed by atoms with Gasteiger partial charge in [-0.15, -0.1) is 0 Å². The number of hydrogen-bond acceptors (Lipinski definition) is 2. The summed E-state index contributed by atoms with van der Waals surface area (Å²) in [6, 6.07) is 18.9. The summed E-state index contributed by atoms with van der Waals surface area (Å²) in [4.78, 5) is 2.33. The van der Waals surface area contributed by atoms with Crippen molar-refractivity contribution in [3.63, 3.8) is 0 Å². The maximum Gasteiger partial charge on any atom is 0.0628 e. The molecule has 2 aromatic rings. The molecule has 1 aliphatic rings. The SMILES string of the molecule is OC[C@@H](c1ccccc1)N1Cc2ccccc2C1. The second-order valence-corrected chi connectivity index (χ2v) is 4.78. The van der Waals surface area contributed by atoms with Gasteiger partial charge in [0.2, 0.25) is 0 Å². The molecule has 0 amide bonds. The first-order chi connectivity index (χ1) is 8.88. The average molecular weight is 239 g/mol. The quantitative estimate of drug-likeness (QED) is 0.890. The number of aliphatic hydroxyl groups is 1. The Kier molecular flexibility index (Phi) is 3.13. The van der Waals surface area contributed by atoms with Crippen molar-refractivity contribution < 1.29 is 5.11 Å². The van der Waals surface area contributed by atoms with Gasteiger partial charge in [-0.2, -0.15) is 0 Å². The zero-order valence-corrected chi connectivity index (χ0v) is 10.3. The predicted octanol–water partition coefficient (Wildman–Crippen LogP) is 2.74. The van der Waals surface area contributed by atoms with Gasteiger partial charge < -0.3 is 5.11 Å². The maximum absolute atomic E-state index is 9.68. The van der Waals surface area contributed by atoms with Crippen LogP contribution in [0.2, 0.25) is 0 Å². The molecule has 0 fully saturated rings. The van der Waals surface area contributed by atoms with Crippen molar-refractivity contribution in [2.75, 3.05) is 6.61 Å². The first kappa shape index (κ1) is 11.5. The van der Waals surface area contributed by atoms with Crippen molar-refractivity contribution in [1.29, 1.82) is 0 Å². The summed E-state index contributed by atoms with van der Waals surface area (Å²) in [6.07, 6.45) is 0. The summed E-state index contributed by atoms with van der Waals surface area (Å²) in [7, 11) is 0. The molecule has 0 saturated heterocycles. The lowest BCUT2D eigenvalue weighted by Crippen LogP contribution is -2.26. The van der Waals surface area contributed by atoms with Crippen LogP contribution in [-0.4, -0.2) is 16.6 Å². The van der Waals surface area contributed by atoms with Crippen LogP contribution in [0.5, 0.6) is 0 Å². The van der Waals surface area contributed by atoms with E-state index in [0.29, 0.717) is 0 Å². The minimum absolute atomic E-state index is 0.0959. The minimum atomic E-state index is 0.0959. The monoisotopic (exact) mass is 239 g/mol. The Labute approximate surface area is 107 Å². The molecule has 2 aromatic carbocycles. The van der Waals surface area contributed by atoms with E-state index in [4.69, 9.17) is 0 Å². The van der Waals surface area contributed by atoms with Gasteiger partial charge in [0.1, 0.15) is 0 Å². The standard InChI is InChI=1S/C16H17NO/c18-12-16(13-6-2-1-3-7-13)17-10-14-8-4-5-9-15(14)11-17/h1-9,16,18H,10-12H2/t16-/m0/s1. The van der Waals surface area contributed by atoms with Gasteiger partial charge in [0.25, 0.3) is 0 Å². The normalized spacial score (nSPS) is 16.5. The number of fused-ring (bicyclic) bond motifs is 1. The van der Waals surface area contributed by atoms with E-state index in [1.54, 1.807) is 0 Å². The van der Waals surface area contributed by atoms with Crippen LogP contribution in [0.4, 0.5) is 0 Å². The van der Waals surface area contributed by atoms with Crippen LogP contribution in [0.15, 0.2) is 54.6 Å². The topological polar surface area (TPSA) is 23.5 Å². The van der Waals surface area contributed by atoms with Crippen molar-refractivity contribution >= 4 is 0 Å². The van der Waals surface area contributed by atoms with E-state index >= 15 is 0 Å². The molecule has 0 unspecified atom stereocenters. The lowest BCUT2D eigenvalue weighted by atomic mass is 10.1. The first-order valence-electron chi connectivity index (χ1n) is 6.35. The lowest BCUT2D eigenvalue weighted by molar-refractivity contribution is 0.122. The van der Waals surface area contributed by atoms with E-state index in [1.165, 1.54) is 16.7 Å². The fourth-order valence-corrected chi connectivity index (χ4v) is 2.69. The molecular weight excluding hydrogens is 222 g/mol. The van der Waals surface area contributed by atoms with Crippen LogP contribution >= 0.6 is 0 Å². The van der Waals surface area contributed by atoms with Crippen LogP contribution in [0.25, 0.3) is 0 Å². The van der Waals surface area contributed by atoms with Gasteiger partial charge in [0.15, 0.2) is 0 Å². The smallest absolute Gasteiger partial charge is 0.0628 e. The van der Waals surface area contributed by atoms with E-state index < -0.39 is 0 Å². The molecule has 1 heterocycles. The Morgan fingerprint density at radius 3 is 2.00 bits per heavy atom. The molecule has 1 aliphatic heterocycles. The number of rotatable bonds is 3. The second-order valence-electron chi connectivity index (χ2n) is 4.78. The Balaban J connectivity index is 1.84. The molecule has 3 rings (SSSR count). The maximum atomic E-state index is 9.68. The predicted molar refractivity (Wildman–Crippen MR) is 72.0 cm³/mol. The van der Waals surface area contributed by atoms with Crippen molar-refractivity contribution in [3.05, 3.63) is 71.3 Å². The van der Waals surface area contributed by atoms with Gasteiger partial charge in [-0.1, -0.05) is 54.6 Å². The number of nitrogens with zero attached hydrogens (tertiary/aromatic N) is 1. The fourth-order valence-electron chi connectivity index (χ4n) is 2.69. The van der Waals surface area contributed by atoms with Crippen LogP contribution < -0.4 is 0 Å². The zero-order chi connectivity index (χ0) is 12.4. The Morgan fingerprint density at radius 1 is 0.889 bits per heavy atom. The van der Waals surface area contributed by atoms with Crippen molar-refractivity contribution in [2.24, 2.45) is 0 Å². The molecule has 0 spiro atoms. The summed E-state index contributed by atoms with van der Waals surface area (Å²) in [5, 5.41) is 9.68. The number of benzene rings is 2. The average Bonchev–Trinajstić information content (AvgIpc) is 2.84. The highest BCUT2D eigenvalue weighted by Gasteiger charge is 2.25. The van der Waals surface area contributed by atoms with E-state index in [0.717, 1.165) is 13.1 Å². The van der Waals surface area contributed by atoms with Gasteiger partial charge in [-0.05, 0) is 16.7 Å². The largest absolute Gasteiger partial charge is 0.394 e. The number of hydrogen-bond donors (Lipinski definition) is 1. The highest BCUT2D eigenvalue weighted by atomic mass is 16.3. The Morgan fingerprint density at radius 2 is 1.44 bits per heavy atom. The van der Waals surface area contributed by atoms with Crippen LogP contribution in [-0.2, 0) is 13.1 Å². The van der Waals surface area contributed by atoms with Crippen LogP contribution in [0, 0.1) is 0 Å². The summed E-state index contributed by atoms with van der Waals surface area (Å²) >= 11 is 0. The molecule has 0 bridgehead atoms. The minimum Gasteiger partial charge on any atom is -0.394 e. The van der Waals surface area contributed by atoms with E-state index in [9.17, 15) is 5.11 Å². The molecule has 18 heavy (non-hydrogen) atoms. The van der Waals surface area contributed by atoms with E-state index in [1.807, 2.05) is 18.2 Å². The molecule has 1 N–H and O–H groups in total. The highest BCUT2D eigenvalue weighted by Crippen LogP contribution is 2.30.